The van der Waals surface area contributed by atoms with Gasteiger partial charge in [0.2, 0.25) is 5.96 Å². The summed E-state index contributed by atoms with van der Waals surface area (Å²) < 4.78 is 5.17. The fourth-order valence-electron chi connectivity index (χ4n) is 3.29. The normalized spacial score (nSPS) is 13.9. The van der Waals surface area contributed by atoms with Crippen LogP contribution in [0.3, 0.4) is 0 Å². The van der Waals surface area contributed by atoms with E-state index < -0.39 is 0 Å². The number of amides is 2. The van der Waals surface area contributed by atoms with Crippen LogP contribution in [0.2, 0.25) is 0 Å². The molecule has 2 amide bonds. The van der Waals surface area contributed by atoms with Crippen LogP contribution in [0.25, 0.3) is 10.8 Å². The van der Waals surface area contributed by atoms with E-state index in [1.165, 1.54) is 4.90 Å². The van der Waals surface area contributed by atoms with Crippen molar-refractivity contribution in [2.24, 2.45) is 0 Å². The Labute approximate surface area is 157 Å². The summed E-state index contributed by atoms with van der Waals surface area (Å²) in [4.78, 5) is 16.0. The summed E-state index contributed by atoms with van der Waals surface area (Å²) in [6.07, 6.45) is 0. The molecule has 0 unspecified atom stereocenters. The molecular formula is C21H20N4O2. The average Bonchev–Trinajstić information content (AvgIpc) is 3.10. The predicted octanol–water partition coefficient (Wildman–Crippen LogP) is 4.14. The second-order valence-electron chi connectivity index (χ2n) is 6.28. The van der Waals surface area contributed by atoms with Gasteiger partial charge in [0.15, 0.2) is 0 Å². The van der Waals surface area contributed by atoms with E-state index in [1.54, 1.807) is 7.11 Å². The van der Waals surface area contributed by atoms with Crippen LogP contribution in [0, 0.1) is 5.41 Å². The largest absolute Gasteiger partial charge is 0.497 e. The quantitative estimate of drug-likeness (QED) is 0.738. The van der Waals surface area contributed by atoms with Gasteiger partial charge in [-0.25, -0.2) is 4.79 Å². The van der Waals surface area contributed by atoms with E-state index in [0.717, 1.165) is 27.9 Å². The number of carbonyl (C=O) groups is 1. The topological polar surface area (TPSA) is 68.7 Å². The van der Waals surface area contributed by atoms with E-state index in [2.05, 4.69) is 5.32 Å². The molecule has 0 aliphatic carbocycles. The van der Waals surface area contributed by atoms with Gasteiger partial charge in [0, 0.05) is 24.2 Å². The van der Waals surface area contributed by atoms with Gasteiger partial charge in [0.05, 0.1) is 12.8 Å². The molecule has 27 heavy (non-hydrogen) atoms. The van der Waals surface area contributed by atoms with Crippen LogP contribution in [0.1, 0.15) is 0 Å². The molecule has 1 aliphatic rings. The number of anilines is 2. The second-order valence-corrected chi connectivity index (χ2v) is 6.28. The maximum absolute atomic E-state index is 12.8. The van der Waals surface area contributed by atoms with Crippen LogP contribution in [0.15, 0.2) is 66.7 Å². The number of guanidine groups is 1. The molecule has 136 valence electrons. The molecule has 0 atom stereocenters. The predicted molar refractivity (Wildman–Crippen MR) is 108 cm³/mol. The van der Waals surface area contributed by atoms with Crippen LogP contribution >= 0.6 is 0 Å². The number of methoxy groups -OCH3 is 1. The summed E-state index contributed by atoms with van der Waals surface area (Å²) in [5.74, 6) is 0.924. The minimum Gasteiger partial charge on any atom is -0.497 e. The van der Waals surface area contributed by atoms with Crippen LogP contribution in [-0.2, 0) is 0 Å². The molecule has 1 aliphatic heterocycles. The fraction of sp³-hybridized carbons (Fsp3) is 0.143. The zero-order valence-electron chi connectivity index (χ0n) is 15.0. The number of hydrogen-bond donors (Lipinski definition) is 2. The Kier molecular flexibility index (Phi) is 4.38. The molecule has 1 heterocycles. The van der Waals surface area contributed by atoms with Gasteiger partial charge in [0.25, 0.3) is 0 Å². The highest BCUT2D eigenvalue weighted by atomic mass is 16.5. The minimum absolute atomic E-state index is 0.165. The molecule has 1 fully saturated rings. The van der Waals surface area contributed by atoms with E-state index in [1.807, 2.05) is 71.6 Å². The van der Waals surface area contributed by atoms with E-state index >= 15 is 0 Å². The first kappa shape index (κ1) is 16.9. The Bertz CT molecular complexity index is 995. The lowest BCUT2D eigenvalue weighted by atomic mass is 10.1. The number of urea groups is 1. The van der Waals surface area contributed by atoms with Crippen molar-refractivity contribution in [3.05, 3.63) is 66.7 Å². The molecule has 0 bridgehead atoms. The molecule has 6 heteroatoms. The molecule has 3 aromatic rings. The molecule has 0 radical (unpaired) electrons. The van der Waals surface area contributed by atoms with Crippen LogP contribution < -0.4 is 15.0 Å². The van der Waals surface area contributed by atoms with Gasteiger partial charge in [-0.2, -0.15) is 0 Å². The molecule has 3 aromatic carbocycles. The third-order valence-corrected chi connectivity index (χ3v) is 4.72. The Morgan fingerprint density at radius 3 is 2.52 bits per heavy atom. The standard InChI is InChI=1S/C21H20N4O2/c1-27-17-11-9-16(10-12-17)24-13-14-25(20(24)22)21(26)23-19-8-4-6-15-5-2-3-7-18(15)19/h2-12,22H,13-14H2,1H3,(H,23,26). The van der Waals surface area contributed by atoms with Crippen molar-refractivity contribution in [3.8, 4) is 5.75 Å². The molecular weight excluding hydrogens is 340 g/mol. The lowest BCUT2D eigenvalue weighted by molar-refractivity contribution is 0.236. The van der Waals surface area contributed by atoms with Crippen LogP contribution in [0.5, 0.6) is 5.75 Å². The van der Waals surface area contributed by atoms with Crippen molar-refractivity contribution in [1.82, 2.24) is 4.90 Å². The van der Waals surface area contributed by atoms with Crippen molar-refractivity contribution in [2.45, 2.75) is 0 Å². The molecule has 4 rings (SSSR count). The van der Waals surface area contributed by atoms with Gasteiger partial charge >= 0.3 is 6.03 Å². The maximum Gasteiger partial charge on any atom is 0.328 e. The zero-order valence-corrected chi connectivity index (χ0v) is 15.0. The van der Waals surface area contributed by atoms with Gasteiger partial charge in [-0.1, -0.05) is 36.4 Å². The number of nitrogens with zero attached hydrogens (tertiary/aromatic N) is 2. The van der Waals surface area contributed by atoms with Crippen molar-refractivity contribution in [2.75, 3.05) is 30.4 Å². The first-order valence-corrected chi connectivity index (χ1v) is 8.74. The first-order chi connectivity index (χ1) is 13.2. The summed E-state index contributed by atoms with van der Waals surface area (Å²) in [5.41, 5.74) is 1.61. The Hall–Kier alpha value is -3.54. The molecule has 0 aromatic heterocycles. The van der Waals surface area contributed by atoms with E-state index in [0.29, 0.717) is 13.1 Å². The van der Waals surface area contributed by atoms with Gasteiger partial charge in [-0.3, -0.25) is 10.3 Å². The number of nitrogens with one attached hydrogen (secondary N) is 2. The third-order valence-electron chi connectivity index (χ3n) is 4.72. The molecule has 6 nitrogen and oxygen atoms in total. The lowest BCUT2D eigenvalue weighted by Crippen LogP contribution is -2.39. The van der Waals surface area contributed by atoms with Crippen molar-refractivity contribution in [1.29, 1.82) is 5.41 Å². The number of benzene rings is 3. The lowest BCUT2D eigenvalue weighted by Gasteiger charge is -2.21. The number of hydrogen-bond acceptors (Lipinski definition) is 3. The molecule has 1 saturated heterocycles. The van der Waals surface area contributed by atoms with Crippen LogP contribution in [-0.4, -0.2) is 37.1 Å². The summed E-state index contributed by atoms with van der Waals surface area (Å²) in [5, 5.41) is 13.4. The highest BCUT2D eigenvalue weighted by molar-refractivity contribution is 6.11. The summed E-state index contributed by atoms with van der Waals surface area (Å²) in [7, 11) is 1.62. The SMILES string of the molecule is COc1ccc(N2CCN(C(=O)Nc3cccc4ccccc34)C2=N)cc1. The van der Waals surface area contributed by atoms with Crippen molar-refractivity contribution >= 4 is 34.1 Å². The summed E-state index contributed by atoms with van der Waals surface area (Å²) in [6.45, 7) is 1.04. The molecule has 0 spiro atoms. The Morgan fingerprint density at radius 2 is 1.74 bits per heavy atom. The second kappa shape index (κ2) is 6.99. The number of fused-ring (bicyclic) bond motifs is 1. The smallest absolute Gasteiger partial charge is 0.328 e. The zero-order chi connectivity index (χ0) is 18.8. The van der Waals surface area contributed by atoms with Gasteiger partial charge < -0.3 is 15.0 Å². The Morgan fingerprint density at radius 1 is 1.00 bits per heavy atom. The monoisotopic (exact) mass is 360 g/mol. The molecule has 2 N–H and O–H groups in total. The van der Waals surface area contributed by atoms with Crippen LogP contribution in [0.4, 0.5) is 16.2 Å². The fourth-order valence-corrected chi connectivity index (χ4v) is 3.29. The minimum atomic E-state index is -0.299. The highest BCUT2D eigenvalue weighted by Crippen LogP contribution is 2.25. The van der Waals surface area contributed by atoms with Gasteiger partial charge in [0.1, 0.15) is 5.75 Å². The number of carbonyl (C=O) groups excluding carboxylic acids is 1. The first-order valence-electron chi connectivity index (χ1n) is 8.74. The maximum atomic E-state index is 12.8. The summed E-state index contributed by atoms with van der Waals surface area (Å²) in [6, 6.07) is 20.9. The van der Waals surface area contributed by atoms with E-state index in [-0.39, 0.29) is 12.0 Å². The van der Waals surface area contributed by atoms with Gasteiger partial charge in [-0.15, -0.1) is 0 Å². The Balaban J connectivity index is 1.51. The molecule has 0 saturated carbocycles. The van der Waals surface area contributed by atoms with E-state index in [4.69, 9.17) is 10.1 Å². The number of rotatable bonds is 3. The summed E-state index contributed by atoms with van der Waals surface area (Å²) >= 11 is 0. The van der Waals surface area contributed by atoms with E-state index in [9.17, 15) is 4.79 Å². The average molecular weight is 360 g/mol. The van der Waals surface area contributed by atoms with Crippen molar-refractivity contribution < 1.29 is 9.53 Å². The third kappa shape index (κ3) is 3.17. The van der Waals surface area contributed by atoms with Gasteiger partial charge in [-0.05, 0) is 35.7 Å². The van der Waals surface area contributed by atoms with Crippen molar-refractivity contribution in [3.63, 3.8) is 0 Å². The highest BCUT2D eigenvalue weighted by Gasteiger charge is 2.31. The number of ether oxygens (including phenoxy) is 1.